The first-order chi connectivity index (χ1) is 10.1. The van der Waals surface area contributed by atoms with E-state index in [1.807, 2.05) is 6.92 Å². The van der Waals surface area contributed by atoms with Crippen LogP contribution in [0.4, 0.5) is 4.39 Å². The van der Waals surface area contributed by atoms with Crippen LogP contribution in [-0.2, 0) is 0 Å². The first-order valence-corrected chi connectivity index (χ1v) is 6.54. The quantitative estimate of drug-likeness (QED) is 0.870. The van der Waals surface area contributed by atoms with Gasteiger partial charge in [0.1, 0.15) is 0 Å². The van der Waals surface area contributed by atoms with Crippen LogP contribution in [0, 0.1) is 5.82 Å². The Hall–Kier alpha value is -2.56. The monoisotopic (exact) mass is 290 g/mol. The minimum absolute atomic E-state index is 0.0486. The fourth-order valence-corrected chi connectivity index (χ4v) is 1.70. The lowest BCUT2D eigenvalue weighted by Gasteiger charge is -2.12. The highest BCUT2D eigenvalue weighted by Gasteiger charge is 2.12. The number of rotatable bonds is 6. The number of para-hydroxylation sites is 2. The molecule has 110 valence electrons. The summed E-state index contributed by atoms with van der Waals surface area (Å²) in [5, 5.41) is 8.80. The van der Waals surface area contributed by atoms with Gasteiger partial charge in [-0.1, -0.05) is 19.1 Å². The molecule has 0 aliphatic heterocycles. The third-order valence-corrected chi connectivity index (χ3v) is 2.71. The van der Waals surface area contributed by atoms with Crippen molar-refractivity contribution in [3.63, 3.8) is 0 Å². The van der Waals surface area contributed by atoms with E-state index in [0.717, 1.165) is 12.5 Å². The van der Waals surface area contributed by atoms with Crippen molar-refractivity contribution >= 4 is 5.97 Å². The van der Waals surface area contributed by atoms with Gasteiger partial charge in [0, 0.05) is 0 Å². The molecule has 0 spiro atoms. The van der Waals surface area contributed by atoms with Crippen molar-refractivity contribution in [3.05, 3.63) is 53.8 Å². The summed E-state index contributed by atoms with van der Waals surface area (Å²) in [6.45, 7) is 2.51. The molecule has 0 amide bonds. The van der Waals surface area contributed by atoms with Gasteiger partial charge in [-0.05, 0) is 36.8 Å². The van der Waals surface area contributed by atoms with E-state index >= 15 is 0 Å². The van der Waals surface area contributed by atoms with Crippen LogP contribution in [0.2, 0.25) is 0 Å². The molecule has 0 aromatic heterocycles. The molecule has 0 unspecified atom stereocenters. The van der Waals surface area contributed by atoms with E-state index in [1.54, 1.807) is 24.3 Å². The van der Waals surface area contributed by atoms with Crippen LogP contribution in [0.15, 0.2) is 42.5 Å². The summed E-state index contributed by atoms with van der Waals surface area (Å²) < 4.78 is 24.8. The third-order valence-electron chi connectivity index (χ3n) is 2.71. The van der Waals surface area contributed by atoms with Crippen LogP contribution in [0.5, 0.6) is 17.2 Å². The van der Waals surface area contributed by atoms with Gasteiger partial charge in [-0.15, -0.1) is 0 Å². The summed E-state index contributed by atoms with van der Waals surface area (Å²) in [6, 6.07) is 10.4. The second-order valence-electron chi connectivity index (χ2n) is 4.35. The summed E-state index contributed by atoms with van der Waals surface area (Å²) in [5.74, 6) is -1.08. The van der Waals surface area contributed by atoms with Crippen molar-refractivity contribution in [3.8, 4) is 17.2 Å². The molecule has 0 saturated carbocycles. The Labute approximate surface area is 121 Å². The highest BCUT2D eigenvalue weighted by Crippen LogP contribution is 2.32. The second-order valence-corrected chi connectivity index (χ2v) is 4.35. The maximum Gasteiger partial charge on any atom is 0.335 e. The molecule has 1 N–H and O–H groups in total. The van der Waals surface area contributed by atoms with Gasteiger partial charge in [-0.2, -0.15) is 0 Å². The van der Waals surface area contributed by atoms with E-state index in [9.17, 15) is 9.18 Å². The minimum atomic E-state index is -1.19. The normalized spacial score (nSPS) is 10.2. The van der Waals surface area contributed by atoms with E-state index in [4.69, 9.17) is 14.6 Å². The molecule has 0 atom stereocenters. The summed E-state index contributed by atoms with van der Waals surface area (Å²) in [7, 11) is 0. The highest BCUT2D eigenvalue weighted by molar-refractivity contribution is 5.87. The number of carboxylic acid groups (broad SMARTS) is 1. The summed E-state index contributed by atoms with van der Waals surface area (Å²) in [5.41, 5.74) is -0.129. The highest BCUT2D eigenvalue weighted by atomic mass is 19.1. The van der Waals surface area contributed by atoms with Crippen molar-refractivity contribution in [1.29, 1.82) is 0 Å². The number of aromatic carboxylic acids is 1. The predicted octanol–water partition coefficient (Wildman–Crippen LogP) is 4.11. The maximum atomic E-state index is 13.9. The van der Waals surface area contributed by atoms with Crippen molar-refractivity contribution in [2.24, 2.45) is 0 Å². The molecule has 0 aliphatic rings. The van der Waals surface area contributed by atoms with Gasteiger partial charge in [0.15, 0.2) is 23.1 Å². The second kappa shape index (κ2) is 6.74. The fraction of sp³-hybridized carbons (Fsp3) is 0.188. The van der Waals surface area contributed by atoms with E-state index < -0.39 is 11.8 Å². The lowest BCUT2D eigenvalue weighted by atomic mass is 10.2. The van der Waals surface area contributed by atoms with Crippen LogP contribution in [0.25, 0.3) is 0 Å². The van der Waals surface area contributed by atoms with E-state index in [2.05, 4.69) is 0 Å². The van der Waals surface area contributed by atoms with Crippen LogP contribution < -0.4 is 9.47 Å². The van der Waals surface area contributed by atoms with Crippen LogP contribution >= 0.6 is 0 Å². The molecule has 0 saturated heterocycles. The molecule has 0 bridgehead atoms. The largest absolute Gasteiger partial charge is 0.490 e. The first kappa shape index (κ1) is 14.8. The van der Waals surface area contributed by atoms with Gasteiger partial charge in [0.05, 0.1) is 12.2 Å². The molecular formula is C16H15FO4. The van der Waals surface area contributed by atoms with E-state index in [1.165, 1.54) is 12.1 Å². The Morgan fingerprint density at radius 1 is 1.14 bits per heavy atom. The van der Waals surface area contributed by atoms with Gasteiger partial charge < -0.3 is 14.6 Å². The van der Waals surface area contributed by atoms with Crippen molar-refractivity contribution in [2.45, 2.75) is 13.3 Å². The molecule has 0 radical (unpaired) electrons. The topological polar surface area (TPSA) is 55.8 Å². The Bertz CT molecular complexity index is 640. The van der Waals surface area contributed by atoms with E-state index in [0.29, 0.717) is 18.1 Å². The minimum Gasteiger partial charge on any atom is -0.490 e. The zero-order chi connectivity index (χ0) is 15.2. The SMILES string of the molecule is CCCOc1ccccc1Oc1ccc(C(=O)O)cc1F. The molecule has 4 nitrogen and oxygen atoms in total. The summed E-state index contributed by atoms with van der Waals surface area (Å²) in [4.78, 5) is 10.8. The number of ether oxygens (including phenoxy) is 2. The lowest BCUT2D eigenvalue weighted by molar-refractivity contribution is 0.0696. The zero-order valence-corrected chi connectivity index (χ0v) is 11.5. The number of halogens is 1. The first-order valence-electron chi connectivity index (χ1n) is 6.54. The molecule has 2 rings (SSSR count). The maximum absolute atomic E-state index is 13.9. The average Bonchev–Trinajstić information content (AvgIpc) is 2.48. The van der Waals surface area contributed by atoms with Gasteiger partial charge in [0.25, 0.3) is 0 Å². The van der Waals surface area contributed by atoms with Crippen LogP contribution in [0.1, 0.15) is 23.7 Å². The predicted molar refractivity (Wildman–Crippen MR) is 75.7 cm³/mol. The molecule has 21 heavy (non-hydrogen) atoms. The number of carboxylic acids is 1. The Balaban J connectivity index is 2.24. The molecule has 0 fully saturated rings. The fourth-order valence-electron chi connectivity index (χ4n) is 1.70. The molecule has 2 aromatic rings. The number of hydrogen-bond donors (Lipinski definition) is 1. The van der Waals surface area contributed by atoms with Gasteiger partial charge >= 0.3 is 5.97 Å². The van der Waals surface area contributed by atoms with Gasteiger partial charge in [-0.25, -0.2) is 9.18 Å². The average molecular weight is 290 g/mol. The van der Waals surface area contributed by atoms with E-state index in [-0.39, 0.29) is 11.3 Å². The van der Waals surface area contributed by atoms with Crippen LogP contribution in [-0.4, -0.2) is 17.7 Å². The molecule has 0 aliphatic carbocycles. The molecular weight excluding hydrogens is 275 g/mol. The third kappa shape index (κ3) is 3.72. The smallest absolute Gasteiger partial charge is 0.335 e. The van der Waals surface area contributed by atoms with Crippen LogP contribution in [0.3, 0.4) is 0 Å². The van der Waals surface area contributed by atoms with Gasteiger partial charge in [-0.3, -0.25) is 0 Å². The Kier molecular flexibility index (Phi) is 4.77. The van der Waals surface area contributed by atoms with Crippen molar-refractivity contribution in [1.82, 2.24) is 0 Å². The molecule has 5 heteroatoms. The van der Waals surface area contributed by atoms with Crippen molar-refractivity contribution < 1.29 is 23.8 Å². The molecule has 2 aromatic carbocycles. The Morgan fingerprint density at radius 2 is 1.86 bits per heavy atom. The van der Waals surface area contributed by atoms with Gasteiger partial charge in [0.2, 0.25) is 0 Å². The summed E-state index contributed by atoms with van der Waals surface area (Å²) in [6.07, 6.45) is 0.843. The number of hydrogen-bond acceptors (Lipinski definition) is 3. The standard InChI is InChI=1S/C16H15FO4/c1-2-9-20-14-5-3-4-6-15(14)21-13-8-7-11(16(18)19)10-12(13)17/h3-8,10H,2,9H2,1H3,(H,18,19). The molecule has 0 heterocycles. The lowest BCUT2D eigenvalue weighted by Crippen LogP contribution is -2.00. The number of carbonyl (C=O) groups is 1. The Morgan fingerprint density at radius 3 is 2.48 bits per heavy atom. The zero-order valence-electron chi connectivity index (χ0n) is 11.5. The van der Waals surface area contributed by atoms with Crippen molar-refractivity contribution in [2.75, 3.05) is 6.61 Å². The number of benzene rings is 2. The summed E-state index contributed by atoms with van der Waals surface area (Å²) >= 11 is 0.